The molecular weight excluding hydrogens is 566 g/mol. The van der Waals surface area contributed by atoms with E-state index in [0.717, 1.165) is 22.3 Å². The van der Waals surface area contributed by atoms with Crippen LogP contribution in [0.15, 0.2) is 125 Å². The molecule has 5 nitrogen and oxygen atoms in total. The molecule has 0 aliphatic carbocycles. The SMILES string of the molecule is CN1C(=CP(=S)(Oc2ccc(C=C3N=C(c4ccc(F)cc4)OC3=O)cc2)c2ccccc2)C(C)(C)c2ccccc21. The average molecular weight is 595 g/mol. The molecule has 8 heteroatoms. The van der Waals surface area contributed by atoms with E-state index in [2.05, 4.69) is 60.9 Å². The van der Waals surface area contributed by atoms with E-state index in [4.69, 9.17) is 21.1 Å². The van der Waals surface area contributed by atoms with Gasteiger partial charge in [0, 0.05) is 40.5 Å². The number of hydrogen-bond acceptors (Lipinski definition) is 6. The van der Waals surface area contributed by atoms with Crippen molar-refractivity contribution < 1.29 is 18.4 Å². The molecule has 0 amide bonds. The molecule has 0 saturated carbocycles. The molecular formula is C34H28FN2O3PS. The van der Waals surface area contributed by atoms with Gasteiger partial charge in [0.05, 0.1) is 0 Å². The largest absolute Gasteiger partial charge is 0.458 e. The first-order valence-electron chi connectivity index (χ1n) is 13.4. The lowest BCUT2D eigenvalue weighted by molar-refractivity contribution is -0.129. The quantitative estimate of drug-likeness (QED) is 0.131. The average Bonchev–Trinajstić information content (AvgIpc) is 3.45. The Bertz CT molecular complexity index is 1810. The van der Waals surface area contributed by atoms with Crippen LogP contribution in [0.25, 0.3) is 6.08 Å². The zero-order valence-electron chi connectivity index (χ0n) is 23.3. The summed E-state index contributed by atoms with van der Waals surface area (Å²) >= 11 is 6.36. The van der Waals surface area contributed by atoms with Crippen LogP contribution in [-0.2, 0) is 26.8 Å². The van der Waals surface area contributed by atoms with E-state index < -0.39 is 12.2 Å². The van der Waals surface area contributed by atoms with Crippen molar-refractivity contribution in [3.8, 4) is 5.75 Å². The van der Waals surface area contributed by atoms with E-state index in [0.29, 0.717) is 11.3 Å². The molecule has 0 spiro atoms. The van der Waals surface area contributed by atoms with Crippen LogP contribution >= 0.6 is 6.26 Å². The van der Waals surface area contributed by atoms with E-state index in [1.807, 2.05) is 54.6 Å². The summed E-state index contributed by atoms with van der Waals surface area (Å²) in [4.78, 5) is 19.0. The van der Waals surface area contributed by atoms with Crippen LogP contribution in [0.1, 0.15) is 30.5 Å². The lowest BCUT2D eigenvalue weighted by atomic mass is 9.84. The highest BCUT2D eigenvalue weighted by atomic mass is 32.4. The third-order valence-electron chi connectivity index (χ3n) is 7.48. The van der Waals surface area contributed by atoms with Gasteiger partial charge in [-0.1, -0.05) is 74.5 Å². The summed E-state index contributed by atoms with van der Waals surface area (Å²) in [5.74, 6) is 1.98. The predicted octanol–water partition coefficient (Wildman–Crippen LogP) is 7.54. The van der Waals surface area contributed by atoms with Gasteiger partial charge in [-0.05, 0) is 71.5 Å². The summed E-state index contributed by atoms with van der Waals surface area (Å²) in [5.41, 5.74) is 4.71. The number of esters is 1. The Labute approximate surface area is 249 Å². The molecule has 1 atom stereocenters. The van der Waals surface area contributed by atoms with Gasteiger partial charge in [0.1, 0.15) is 11.6 Å². The molecule has 0 N–H and O–H groups in total. The summed E-state index contributed by atoms with van der Waals surface area (Å²) in [6.45, 7) is 4.43. The number of aliphatic imine (C=N–C) groups is 1. The maximum absolute atomic E-state index is 13.3. The fraction of sp³-hybridized carbons (Fsp3) is 0.118. The number of fused-ring (bicyclic) bond motifs is 1. The van der Waals surface area contributed by atoms with Crippen LogP contribution in [0.5, 0.6) is 5.75 Å². The van der Waals surface area contributed by atoms with Gasteiger partial charge in [-0.3, -0.25) is 0 Å². The Hall–Kier alpha value is -4.32. The molecule has 0 radical (unpaired) electrons. The number of allylic oxidation sites excluding steroid dienone is 1. The fourth-order valence-electron chi connectivity index (χ4n) is 5.24. The topological polar surface area (TPSA) is 51.1 Å². The molecule has 2 aliphatic heterocycles. The lowest BCUT2D eigenvalue weighted by Crippen LogP contribution is -2.24. The molecule has 0 aromatic heterocycles. The smallest absolute Gasteiger partial charge is 0.363 e. The number of hydrogen-bond donors (Lipinski definition) is 0. The maximum atomic E-state index is 13.3. The van der Waals surface area contributed by atoms with Crippen molar-refractivity contribution in [1.29, 1.82) is 0 Å². The zero-order valence-corrected chi connectivity index (χ0v) is 25.0. The van der Waals surface area contributed by atoms with Crippen molar-refractivity contribution >= 4 is 47.0 Å². The van der Waals surface area contributed by atoms with E-state index in [1.54, 1.807) is 6.08 Å². The number of cyclic esters (lactones) is 1. The molecule has 42 heavy (non-hydrogen) atoms. The highest BCUT2D eigenvalue weighted by Gasteiger charge is 2.40. The molecule has 0 saturated heterocycles. The zero-order chi connectivity index (χ0) is 29.5. The first-order chi connectivity index (χ1) is 20.1. The number of para-hydroxylation sites is 1. The molecule has 6 rings (SSSR count). The number of rotatable bonds is 6. The number of likely N-dealkylation sites (N-methyl/N-ethyl adjacent to an activating group) is 1. The third kappa shape index (κ3) is 5.22. The van der Waals surface area contributed by atoms with Crippen molar-refractivity contribution in [1.82, 2.24) is 0 Å². The van der Waals surface area contributed by atoms with Crippen LogP contribution in [-0.4, -0.2) is 18.9 Å². The van der Waals surface area contributed by atoms with Gasteiger partial charge in [0.25, 0.3) is 0 Å². The summed E-state index contributed by atoms with van der Waals surface area (Å²) in [5, 5.41) is 0.954. The molecule has 4 aromatic carbocycles. The van der Waals surface area contributed by atoms with Gasteiger partial charge in [-0.15, -0.1) is 0 Å². The Morgan fingerprint density at radius 1 is 0.929 bits per heavy atom. The van der Waals surface area contributed by atoms with Gasteiger partial charge in [0.2, 0.25) is 5.90 Å². The standard InChI is InChI=1S/C34H28FN2O3PS/c1-34(2)28-11-7-8-12-30(28)37(3)31(34)22-41(42,27-9-5-4-6-10-27)40-26-19-13-23(14-20-26)21-29-33(38)39-32(36-29)24-15-17-25(35)18-16-24/h4-22H,1-3H3. The van der Waals surface area contributed by atoms with Crippen molar-refractivity contribution in [2.45, 2.75) is 19.3 Å². The van der Waals surface area contributed by atoms with Crippen molar-refractivity contribution in [3.05, 3.63) is 143 Å². The highest BCUT2D eigenvalue weighted by molar-refractivity contribution is 8.17. The van der Waals surface area contributed by atoms with Gasteiger partial charge < -0.3 is 14.2 Å². The molecule has 2 aliphatic rings. The molecule has 2 heterocycles. The summed E-state index contributed by atoms with van der Waals surface area (Å²) in [6, 6.07) is 31.4. The summed E-state index contributed by atoms with van der Waals surface area (Å²) < 4.78 is 25.2. The normalized spacial score (nSPS) is 18.9. The van der Waals surface area contributed by atoms with Crippen molar-refractivity contribution in [2.75, 3.05) is 11.9 Å². The van der Waals surface area contributed by atoms with Crippen LogP contribution in [0.2, 0.25) is 0 Å². The fourth-order valence-corrected chi connectivity index (χ4v) is 8.32. The highest BCUT2D eigenvalue weighted by Crippen LogP contribution is 2.55. The van der Waals surface area contributed by atoms with Gasteiger partial charge >= 0.3 is 5.97 Å². The first kappa shape index (κ1) is 27.8. The minimum Gasteiger partial charge on any atom is -0.458 e. The second-order valence-corrected chi connectivity index (χ2v) is 14.4. The van der Waals surface area contributed by atoms with Crippen molar-refractivity contribution in [2.24, 2.45) is 4.99 Å². The predicted molar refractivity (Wildman–Crippen MR) is 170 cm³/mol. The Morgan fingerprint density at radius 3 is 2.29 bits per heavy atom. The lowest BCUT2D eigenvalue weighted by Gasteiger charge is -2.28. The molecule has 1 unspecified atom stereocenters. The van der Waals surface area contributed by atoms with Gasteiger partial charge in [0.15, 0.2) is 12.0 Å². The van der Waals surface area contributed by atoms with Gasteiger partial charge in [-0.2, -0.15) is 0 Å². The summed E-state index contributed by atoms with van der Waals surface area (Å²) in [6.07, 6.45) is -1.05. The minimum atomic E-state index is -2.70. The van der Waals surface area contributed by atoms with E-state index in [1.165, 1.54) is 29.8 Å². The second kappa shape index (κ2) is 10.8. The van der Waals surface area contributed by atoms with Crippen molar-refractivity contribution in [3.63, 3.8) is 0 Å². The van der Waals surface area contributed by atoms with Crippen LogP contribution in [0, 0.1) is 5.82 Å². The molecule has 4 aromatic rings. The minimum absolute atomic E-state index is 0.143. The van der Waals surface area contributed by atoms with E-state index in [-0.39, 0.29) is 22.8 Å². The molecule has 0 fully saturated rings. The second-order valence-electron chi connectivity index (χ2n) is 10.7. The van der Waals surface area contributed by atoms with Crippen LogP contribution in [0.4, 0.5) is 10.1 Å². The van der Waals surface area contributed by atoms with E-state index in [9.17, 15) is 9.18 Å². The monoisotopic (exact) mass is 594 g/mol. The number of ether oxygens (including phenoxy) is 1. The number of nitrogens with zero attached hydrogens (tertiary/aromatic N) is 2. The van der Waals surface area contributed by atoms with E-state index >= 15 is 0 Å². The molecule has 0 bridgehead atoms. The van der Waals surface area contributed by atoms with Crippen LogP contribution < -0.4 is 14.7 Å². The number of carbonyl (C=O) groups is 1. The number of benzene rings is 4. The Balaban J connectivity index is 1.30. The van der Waals surface area contributed by atoms with Gasteiger partial charge in [-0.25, -0.2) is 14.2 Å². The Kier molecular flexibility index (Phi) is 7.17. The Morgan fingerprint density at radius 2 is 1.60 bits per heavy atom. The maximum Gasteiger partial charge on any atom is 0.363 e. The first-order valence-corrected chi connectivity index (χ1v) is 16.2. The summed E-state index contributed by atoms with van der Waals surface area (Å²) in [7, 11) is 2.07. The van der Waals surface area contributed by atoms with Crippen LogP contribution in [0.3, 0.4) is 0 Å². The molecule has 210 valence electrons. The number of carbonyl (C=O) groups excluding carboxylic acids is 1. The number of anilines is 1. The number of halogens is 1. The third-order valence-corrected chi connectivity index (χ3v) is 10.7.